The van der Waals surface area contributed by atoms with Crippen LogP contribution in [0.5, 0.6) is 0 Å². The van der Waals surface area contributed by atoms with E-state index in [0.29, 0.717) is 0 Å². The Kier molecular flexibility index (Phi) is 2.90. The van der Waals surface area contributed by atoms with E-state index < -0.39 is 0 Å². The SMILES string of the molecule is CCc1sccc1-c1ccc(Cl)cc1. The first-order valence-electron chi connectivity index (χ1n) is 4.63. The third kappa shape index (κ3) is 1.84. The fourth-order valence-corrected chi connectivity index (χ4v) is 2.47. The van der Waals surface area contributed by atoms with Crippen LogP contribution in [0.4, 0.5) is 0 Å². The lowest BCUT2D eigenvalue weighted by Gasteiger charge is -2.01. The summed E-state index contributed by atoms with van der Waals surface area (Å²) in [4.78, 5) is 1.44. The fraction of sp³-hybridized carbons (Fsp3) is 0.167. The Morgan fingerprint density at radius 3 is 2.50 bits per heavy atom. The number of rotatable bonds is 2. The molecule has 2 heteroatoms. The molecule has 0 aliphatic rings. The zero-order valence-electron chi connectivity index (χ0n) is 7.96. The van der Waals surface area contributed by atoms with Gasteiger partial charge in [-0.1, -0.05) is 30.7 Å². The highest BCUT2D eigenvalue weighted by Gasteiger charge is 2.04. The summed E-state index contributed by atoms with van der Waals surface area (Å²) in [5, 5.41) is 2.94. The second-order valence-electron chi connectivity index (χ2n) is 3.12. The highest BCUT2D eigenvalue weighted by molar-refractivity contribution is 7.10. The summed E-state index contributed by atoms with van der Waals surface area (Å²) in [5.41, 5.74) is 2.60. The van der Waals surface area contributed by atoms with Gasteiger partial charge in [0.1, 0.15) is 0 Å². The van der Waals surface area contributed by atoms with Gasteiger partial charge in [0, 0.05) is 9.90 Å². The highest BCUT2D eigenvalue weighted by atomic mass is 35.5. The van der Waals surface area contributed by atoms with E-state index in [-0.39, 0.29) is 0 Å². The number of hydrogen-bond acceptors (Lipinski definition) is 1. The molecule has 14 heavy (non-hydrogen) atoms. The topological polar surface area (TPSA) is 0 Å². The van der Waals surface area contributed by atoms with Crippen molar-refractivity contribution in [1.82, 2.24) is 0 Å². The predicted molar refractivity (Wildman–Crippen MR) is 64.1 cm³/mol. The Hall–Kier alpha value is -0.790. The van der Waals surface area contributed by atoms with Gasteiger partial charge in [0.2, 0.25) is 0 Å². The molecule has 0 aliphatic heterocycles. The van der Waals surface area contributed by atoms with Crippen molar-refractivity contribution in [2.75, 3.05) is 0 Å². The van der Waals surface area contributed by atoms with Gasteiger partial charge in [0.05, 0.1) is 0 Å². The number of benzene rings is 1. The average Bonchev–Trinajstić information content (AvgIpc) is 2.67. The average molecular weight is 223 g/mol. The zero-order valence-corrected chi connectivity index (χ0v) is 9.53. The number of halogens is 1. The van der Waals surface area contributed by atoms with Gasteiger partial charge in [0.25, 0.3) is 0 Å². The highest BCUT2D eigenvalue weighted by Crippen LogP contribution is 2.29. The molecule has 2 aromatic rings. The molecule has 1 heterocycles. The molecule has 0 unspecified atom stereocenters. The molecule has 0 nitrogen and oxygen atoms in total. The summed E-state index contributed by atoms with van der Waals surface area (Å²) >= 11 is 7.66. The first-order chi connectivity index (χ1) is 6.81. The van der Waals surface area contributed by atoms with Gasteiger partial charge in [-0.2, -0.15) is 0 Å². The van der Waals surface area contributed by atoms with Crippen molar-refractivity contribution in [3.63, 3.8) is 0 Å². The zero-order chi connectivity index (χ0) is 9.97. The van der Waals surface area contributed by atoms with E-state index in [2.05, 4.69) is 30.5 Å². The lowest BCUT2D eigenvalue weighted by molar-refractivity contribution is 1.19. The lowest BCUT2D eigenvalue weighted by atomic mass is 10.1. The van der Waals surface area contributed by atoms with Crippen LogP contribution >= 0.6 is 22.9 Å². The molecule has 0 aliphatic carbocycles. The van der Waals surface area contributed by atoms with Crippen molar-refractivity contribution >= 4 is 22.9 Å². The third-order valence-corrected chi connectivity index (χ3v) is 3.54. The second-order valence-corrected chi connectivity index (χ2v) is 4.56. The van der Waals surface area contributed by atoms with Crippen LogP contribution in [0.25, 0.3) is 11.1 Å². The molecule has 0 bridgehead atoms. The summed E-state index contributed by atoms with van der Waals surface area (Å²) < 4.78 is 0. The first-order valence-corrected chi connectivity index (χ1v) is 5.89. The minimum Gasteiger partial charge on any atom is -0.148 e. The van der Waals surface area contributed by atoms with E-state index in [1.54, 1.807) is 0 Å². The van der Waals surface area contributed by atoms with Crippen LogP contribution in [-0.4, -0.2) is 0 Å². The molecule has 1 aromatic heterocycles. The Labute approximate surface area is 93.2 Å². The van der Waals surface area contributed by atoms with Crippen molar-refractivity contribution in [2.24, 2.45) is 0 Å². The summed E-state index contributed by atoms with van der Waals surface area (Å²) in [6.07, 6.45) is 1.09. The van der Waals surface area contributed by atoms with E-state index in [1.807, 2.05) is 23.5 Å². The smallest absolute Gasteiger partial charge is 0.0406 e. The van der Waals surface area contributed by atoms with Crippen molar-refractivity contribution in [3.8, 4) is 11.1 Å². The predicted octanol–water partition coefficient (Wildman–Crippen LogP) is 4.63. The van der Waals surface area contributed by atoms with Gasteiger partial charge in [-0.15, -0.1) is 11.3 Å². The standard InChI is InChI=1S/C12H11ClS/c1-2-12-11(7-8-14-12)9-3-5-10(13)6-4-9/h3-8H,2H2,1H3. The summed E-state index contributed by atoms with van der Waals surface area (Å²) in [6.45, 7) is 2.19. The van der Waals surface area contributed by atoms with Crippen LogP contribution in [-0.2, 0) is 6.42 Å². The van der Waals surface area contributed by atoms with Gasteiger partial charge in [-0.05, 0) is 41.1 Å². The fourth-order valence-electron chi connectivity index (χ4n) is 1.50. The van der Waals surface area contributed by atoms with E-state index in [0.717, 1.165) is 11.4 Å². The minimum atomic E-state index is 0.794. The van der Waals surface area contributed by atoms with Crippen LogP contribution in [0.1, 0.15) is 11.8 Å². The molecule has 0 saturated heterocycles. The Morgan fingerprint density at radius 1 is 1.14 bits per heavy atom. The number of hydrogen-bond donors (Lipinski definition) is 0. The summed E-state index contributed by atoms with van der Waals surface area (Å²) in [5.74, 6) is 0. The van der Waals surface area contributed by atoms with Crippen molar-refractivity contribution < 1.29 is 0 Å². The Balaban J connectivity index is 2.44. The van der Waals surface area contributed by atoms with Crippen LogP contribution < -0.4 is 0 Å². The lowest BCUT2D eigenvalue weighted by Crippen LogP contribution is -1.79. The van der Waals surface area contributed by atoms with Crippen LogP contribution in [0.3, 0.4) is 0 Å². The molecule has 0 amide bonds. The van der Waals surface area contributed by atoms with Crippen molar-refractivity contribution in [1.29, 1.82) is 0 Å². The normalized spacial score (nSPS) is 10.4. The number of thiophene rings is 1. The summed E-state index contributed by atoms with van der Waals surface area (Å²) in [7, 11) is 0. The Morgan fingerprint density at radius 2 is 1.86 bits per heavy atom. The Bertz CT molecular complexity index is 414. The molecule has 1 aromatic carbocycles. The maximum absolute atomic E-state index is 5.85. The van der Waals surface area contributed by atoms with Gasteiger partial charge >= 0.3 is 0 Å². The van der Waals surface area contributed by atoms with Crippen LogP contribution in [0, 0.1) is 0 Å². The molecule has 2 rings (SSSR count). The minimum absolute atomic E-state index is 0.794. The van der Waals surface area contributed by atoms with Crippen LogP contribution in [0.15, 0.2) is 35.7 Å². The molecule has 0 spiro atoms. The maximum Gasteiger partial charge on any atom is 0.0406 e. The van der Waals surface area contributed by atoms with Gasteiger partial charge in [0.15, 0.2) is 0 Å². The molecule has 0 radical (unpaired) electrons. The van der Waals surface area contributed by atoms with Gasteiger partial charge in [-0.25, -0.2) is 0 Å². The van der Waals surface area contributed by atoms with Crippen molar-refractivity contribution in [2.45, 2.75) is 13.3 Å². The third-order valence-electron chi connectivity index (χ3n) is 2.22. The largest absolute Gasteiger partial charge is 0.148 e. The summed E-state index contributed by atoms with van der Waals surface area (Å²) in [6, 6.07) is 10.2. The van der Waals surface area contributed by atoms with E-state index in [4.69, 9.17) is 11.6 Å². The van der Waals surface area contributed by atoms with E-state index >= 15 is 0 Å². The molecule has 0 atom stereocenters. The van der Waals surface area contributed by atoms with E-state index in [9.17, 15) is 0 Å². The molecule has 72 valence electrons. The van der Waals surface area contributed by atoms with Crippen molar-refractivity contribution in [3.05, 3.63) is 45.6 Å². The molecular formula is C12H11ClS. The quantitative estimate of drug-likeness (QED) is 0.695. The van der Waals surface area contributed by atoms with Gasteiger partial charge in [-0.3, -0.25) is 0 Å². The molecule has 0 N–H and O–H groups in total. The van der Waals surface area contributed by atoms with E-state index in [1.165, 1.54) is 16.0 Å². The maximum atomic E-state index is 5.85. The monoisotopic (exact) mass is 222 g/mol. The second kappa shape index (κ2) is 4.16. The first kappa shape index (κ1) is 9.75. The molecule has 0 fully saturated rings. The number of aryl methyl sites for hydroxylation is 1. The molecular weight excluding hydrogens is 212 g/mol. The molecule has 0 saturated carbocycles. The van der Waals surface area contributed by atoms with Gasteiger partial charge < -0.3 is 0 Å². The van der Waals surface area contributed by atoms with Crippen LogP contribution in [0.2, 0.25) is 5.02 Å².